The van der Waals surface area contributed by atoms with Gasteiger partial charge < -0.3 is 10.1 Å². The van der Waals surface area contributed by atoms with Crippen molar-refractivity contribution in [3.63, 3.8) is 0 Å². The number of hydrogen-bond donors (Lipinski definition) is 2. The number of hydrogen-bond acceptors (Lipinski definition) is 4. The molecule has 0 saturated carbocycles. The molecule has 0 bridgehead atoms. The van der Waals surface area contributed by atoms with Crippen LogP contribution in [0, 0.1) is 0 Å². The zero-order chi connectivity index (χ0) is 13.2. The zero-order valence-electron chi connectivity index (χ0n) is 9.68. The van der Waals surface area contributed by atoms with E-state index in [9.17, 15) is 13.2 Å². The normalized spacial score (nSPS) is 13.8. The molecule has 98 valence electrons. The van der Waals surface area contributed by atoms with Crippen molar-refractivity contribution in [2.75, 3.05) is 18.9 Å². The summed E-state index contributed by atoms with van der Waals surface area (Å²) in [6.07, 6.45) is 0.785. The molecule has 2 rings (SSSR count). The molecule has 0 atom stereocenters. The number of ether oxygens (including phenoxy) is 1. The van der Waals surface area contributed by atoms with Crippen molar-refractivity contribution in [3.8, 4) is 5.75 Å². The summed E-state index contributed by atoms with van der Waals surface area (Å²) in [5, 5.41) is 7.35. The van der Waals surface area contributed by atoms with Gasteiger partial charge in [0, 0.05) is 18.5 Å². The third-order valence-corrected chi connectivity index (χ3v) is 3.40. The van der Waals surface area contributed by atoms with E-state index in [2.05, 4.69) is 5.32 Å². The predicted octanol–water partition coefficient (Wildman–Crippen LogP) is -0.360. The molecule has 6 nitrogen and oxygen atoms in total. The summed E-state index contributed by atoms with van der Waals surface area (Å²) < 4.78 is 26.8. The second-order valence-electron chi connectivity index (χ2n) is 4.04. The summed E-state index contributed by atoms with van der Waals surface area (Å²) in [6, 6.07) is 5.15. The highest BCUT2D eigenvalue weighted by molar-refractivity contribution is 7.89. The van der Waals surface area contributed by atoms with Crippen molar-refractivity contribution < 1.29 is 17.9 Å². The lowest BCUT2D eigenvalue weighted by Gasteiger charge is -2.05. The van der Waals surface area contributed by atoms with E-state index < -0.39 is 10.0 Å². The molecule has 0 fully saturated rings. The molecule has 7 heteroatoms. The van der Waals surface area contributed by atoms with Crippen molar-refractivity contribution in [3.05, 3.63) is 29.3 Å². The molecule has 0 unspecified atom stereocenters. The van der Waals surface area contributed by atoms with Crippen molar-refractivity contribution in [1.29, 1.82) is 0 Å². The molecule has 1 aromatic carbocycles. The zero-order valence-corrected chi connectivity index (χ0v) is 10.5. The van der Waals surface area contributed by atoms with E-state index in [1.165, 1.54) is 0 Å². The first-order valence-electron chi connectivity index (χ1n) is 5.50. The van der Waals surface area contributed by atoms with Crippen LogP contribution in [0.25, 0.3) is 0 Å². The van der Waals surface area contributed by atoms with Gasteiger partial charge in [0.25, 0.3) is 5.91 Å². The van der Waals surface area contributed by atoms with Gasteiger partial charge in [-0.05, 0) is 23.8 Å². The number of rotatable bonds is 4. The average molecular weight is 270 g/mol. The maximum Gasteiger partial charge on any atom is 0.251 e. The van der Waals surface area contributed by atoms with Crippen molar-refractivity contribution in [2.45, 2.75) is 6.42 Å². The largest absolute Gasteiger partial charge is 0.493 e. The molecule has 0 radical (unpaired) electrons. The summed E-state index contributed by atoms with van der Waals surface area (Å²) in [5.74, 6) is 0.219. The van der Waals surface area contributed by atoms with Gasteiger partial charge in [-0.1, -0.05) is 0 Å². The lowest BCUT2D eigenvalue weighted by molar-refractivity contribution is 0.0956. The quantitative estimate of drug-likeness (QED) is 0.780. The molecule has 0 saturated heterocycles. The smallest absolute Gasteiger partial charge is 0.251 e. The number of amides is 1. The van der Waals surface area contributed by atoms with Crippen LogP contribution in [0.15, 0.2) is 18.2 Å². The van der Waals surface area contributed by atoms with Crippen LogP contribution >= 0.6 is 0 Å². The summed E-state index contributed by atoms with van der Waals surface area (Å²) in [6.45, 7) is 0.636. The average Bonchev–Trinajstić information content (AvgIpc) is 2.73. The van der Waals surface area contributed by atoms with Gasteiger partial charge in [-0.25, -0.2) is 13.6 Å². The van der Waals surface area contributed by atoms with E-state index in [1.54, 1.807) is 18.2 Å². The number of fused-ring (bicyclic) bond motifs is 1. The fourth-order valence-electron chi connectivity index (χ4n) is 1.74. The number of nitrogens with one attached hydrogen (secondary N) is 1. The van der Waals surface area contributed by atoms with Crippen LogP contribution in [0.3, 0.4) is 0 Å². The van der Waals surface area contributed by atoms with E-state index in [0.717, 1.165) is 17.7 Å². The molecule has 0 aromatic heterocycles. The molecule has 1 aliphatic rings. The Labute approximate surface area is 105 Å². The van der Waals surface area contributed by atoms with Crippen LogP contribution in [-0.2, 0) is 16.4 Å². The Kier molecular flexibility index (Phi) is 3.53. The number of carbonyl (C=O) groups excluding carboxylic acids is 1. The van der Waals surface area contributed by atoms with E-state index in [0.29, 0.717) is 12.2 Å². The predicted molar refractivity (Wildman–Crippen MR) is 65.9 cm³/mol. The highest BCUT2D eigenvalue weighted by Gasteiger charge is 2.15. The third-order valence-electron chi connectivity index (χ3n) is 2.62. The summed E-state index contributed by atoms with van der Waals surface area (Å²) in [4.78, 5) is 11.7. The second-order valence-corrected chi connectivity index (χ2v) is 5.78. The van der Waals surface area contributed by atoms with Gasteiger partial charge >= 0.3 is 0 Å². The minimum atomic E-state index is -3.55. The highest BCUT2D eigenvalue weighted by atomic mass is 32.2. The first-order valence-corrected chi connectivity index (χ1v) is 7.22. The van der Waals surface area contributed by atoms with E-state index >= 15 is 0 Å². The van der Waals surface area contributed by atoms with Crippen LogP contribution in [0.5, 0.6) is 5.75 Å². The highest BCUT2D eigenvalue weighted by Crippen LogP contribution is 2.25. The van der Waals surface area contributed by atoms with Crippen molar-refractivity contribution in [1.82, 2.24) is 5.32 Å². The summed E-state index contributed by atoms with van der Waals surface area (Å²) in [5.41, 5.74) is 1.49. The van der Waals surface area contributed by atoms with Crippen LogP contribution in [0.4, 0.5) is 0 Å². The molecule has 3 N–H and O–H groups in total. The first-order chi connectivity index (χ1) is 8.46. The summed E-state index contributed by atoms with van der Waals surface area (Å²) >= 11 is 0. The van der Waals surface area contributed by atoms with Gasteiger partial charge in [0.1, 0.15) is 5.75 Å². The van der Waals surface area contributed by atoms with Gasteiger partial charge in [0.2, 0.25) is 10.0 Å². The standard InChI is InChI=1S/C11H14N2O4S/c12-18(15,16)6-4-13-11(14)9-1-2-10-8(7-9)3-5-17-10/h1-2,7H,3-6H2,(H,13,14)(H2,12,15,16). The lowest BCUT2D eigenvalue weighted by Crippen LogP contribution is -2.31. The van der Waals surface area contributed by atoms with Crippen molar-refractivity contribution >= 4 is 15.9 Å². The van der Waals surface area contributed by atoms with Gasteiger partial charge in [-0.2, -0.15) is 0 Å². The number of nitrogens with two attached hydrogens (primary N) is 1. The Morgan fingerprint density at radius 1 is 1.44 bits per heavy atom. The first kappa shape index (κ1) is 12.8. The van der Waals surface area contributed by atoms with Gasteiger partial charge in [0.05, 0.1) is 12.4 Å². The molecular formula is C11H14N2O4S. The number of carbonyl (C=O) groups is 1. The SMILES string of the molecule is NS(=O)(=O)CCNC(=O)c1ccc2c(c1)CCO2. The van der Waals surface area contributed by atoms with E-state index in [4.69, 9.17) is 9.88 Å². The number of sulfonamides is 1. The van der Waals surface area contributed by atoms with Crippen LogP contribution in [0.2, 0.25) is 0 Å². The molecule has 0 aliphatic carbocycles. The molecule has 1 heterocycles. The fraction of sp³-hybridized carbons (Fsp3) is 0.364. The third kappa shape index (κ3) is 3.21. The summed E-state index contributed by atoms with van der Waals surface area (Å²) in [7, 11) is -3.55. The molecular weight excluding hydrogens is 256 g/mol. The minimum Gasteiger partial charge on any atom is -0.493 e. The van der Waals surface area contributed by atoms with E-state index in [-0.39, 0.29) is 18.2 Å². The van der Waals surface area contributed by atoms with Gasteiger partial charge in [0.15, 0.2) is 0 Å². The molecule has 1 amide bonds. The Morgan fingerprint density at radius 3 is 2.94 bits per heavy atom. The fourth-order valence-corrected chi connectivity index (χ4v) is 2.12. The molecule has 18 heavy (non-hydrogen) atoms. The maximum atomic E-state index is 11.7. The Hall–Kier alpha value is -1.60. The lowest BCUT2D eigenvalue weighted by atomic mass is 10.1. The number of primary sulfonamides is 1. The maximum absolute atomic E-state index is 11.7. The van der Waals surface area contributed by atoms with E-state index in [1.807, 2.05) is 0 Å². The monoisotopic (exact) mass is 270 g/mol. The molecule has 1 aliphatic heterocycles. The second kappa shape index (κ2) is 4.95. The Balaban J connectivity index is 1.97. The Bertz CT molecular complexity index is 568. The van der Waals surface area contributed by atoms with Gasteiger partial charge in [-0.15, -0.1) is 0 Å². The van der Waals surface area contributed by atoms with Gasteiger partial charge in [-0.3, -0.25) is 4.79 Å². The Morgan fingerprint density at radius 2 is 2.22 bits per heavy atom. The van der Waals surface area contributed by atoms with Crippen LogP contribution in [-0.4, -0.2) is 33.2 Å². The minimum absolute atomic E-state index is 0.00521. The number of benzene rings is 1. The van der Waals surface area contributed by atoms with Crippen molar-refractivity contribution in [2.24, 2.45) is 5.14 Å². The molecule has 0 spiro atoms. The molecule has 1 aromatic rings. The topological polar surface area (TPSA) is 98.5 Å². The van der Waals surface area contributed by atoms with Crippen LogP contribution in [0.1, 0.15) is 15.9 Å². The van der Waals surface area contributed by atoms with Crippen LogP contribution < -0.4 is 15.2 Å².